The maximum atomic E-state index is 6.17. The molecule has 1 aromatic carbocycles. The standard InChI is InChI=1S/C20H17ClN6O/c1-11-6-23-9-16(27-11)12(2)28-17-4-3-15(13-5-14(21)8-24-7-13)19-18(17)20(22)26-10-25-19/h3-10,12H,1-2H3,(H2,22,25,26)/t12-/m0/s1. The summed E-state index contributed by atoms with van der Waals surface area (Å²) in [5.74, 6) is 0.905. The zero-order valence-electron chi connectivity index (χ0n) is 15.3. The van der Waals surface area contributed by atoms with Crippen molar-refractivity contribution in [1.29, 1.82) is 0 Å². The van der Waals surface area contributed by atoms with Crippen LogP contribution in [-0.4, -0.2) is 24.9 Å². The van der Waals surface area contributed by atoms with Crippen LogP contribution in [0.5, 0.6) is 5.75 Å². The molecule has 0 bridgehead atoms. The average molecular weight is 393 g/mol. The molecule has 0 saturated carbocycles. The van der Waals surface area contributed by atoms with Gasteiger partial charge < -0.3 is 10.5 Å². The van der Waals surface area contributed by atoms with Crippen molar-refractivity contribution >= 4 is 28.3 Å². The fourth-order valence-corrected chi connectivity index (χ4v) is 3.16. The van der Waals surface area contributed by atoms with Gasteiger partial charge in [0.2, 0.25) is 0 Å². The van der Waals surface area contributed by atoms with Gasteiger partial charge in [-0.1, -0.05) is 11.6 Å². The number of rotatable bonds is 4. The molecule has 3 heterocycles. The zero-order valence-corrected chi connectivity index (χ0v) is 16.1. The molecule has 0 unspecified atom stereocenters. The lowest BCUT2D eigenvalue weighted by molar-refractivity contribution is 0.224. The molecule has 0 aliphatic heterocycles. The van der Waals surface area contributed by atoms with Gasteiger partial charge in [0, 0.05) is 29.7 Å². The van der Waals surface area contributed by atoms with Crippen molar-refractivity contribution in [3.63, 3.8) is 0 Å². The second kappa shape index (κ2) is 7.36. The predicted molar refractivity (Wildman–Crippen MR) is 108 cm³/mol. The SMILES string of the molecule is Cc1cncc([C@H](C)Oc2ccc(-c3cncc(Cl)c3)c3ncnc(N)c23)n1. The number of halogens is 1. The normalized spacial score (nSPS) is 12.1. The Labute approximate surface area is 166 Å². The molecule has 28 heavy (non-hydrogen) atoms. The molecule has 0 aliphatic rings. The highest BCUT2D eigenvalue weighted by molar-refractivity contribution is 6.30. The number of pyridine rings is 1. The molecular formula is C20H17ClN6O. The molecule has 1 atom stereocenters. The summed E-state index contributed by atoms with van der Waals surface area (Å²) in [5.41, 5.74) is 10.1. The van der Waals surface area contributed by atoms with Gasteiger partial charge in [-0.3, -0.25) is 15.0 Å². The summed E-state index contributed by atoms with van der Waals surface area (Å²) < 4.78 is 6.16. The van der Waals surface area contributed by atoms with Crippen molar-refractivity contribution in [2.75, 3.05) is 5.73 Å². The average Bonchev–Trinajstić information content (AvgIpc) is 2.68. The first-order valence-electron chi connectivity index (χ1n) is 8.62. The van der Waals surface area contributed by atoms with Crippen LogP contribution >= 0.6 is 11.6 Å². The second-order valence-corrected chi connectivity index (χ2v) is 6.77. The highest BCUT2D eigenvalue weighted by Crippen LogP contribution is 2.37. The van der Waals surface area contributed by atoms with Gasteiger partial charge in [-0.05, 0) is 32.0 Å². The molecule has 140 valence electrons. The van der Waals surface area contributed by atoms with Gasteiger partial charge in [0.25, 0.3) is 0 Å². The Kier molecular flexibility index (Phi) is 4.75. The number of nitrogens with zero attached hydrogens (tertiary/aromatic N) is 5. The van der Waals surface area contributed by atoms with Crippen LogP contribution in [0.2, 0.25) is 5.02 Å². The number of anilines is 1. The van der Waals surface area contributed by atoms with E-state index < -0.39 is 0 Å². The number of hydrogen-bond donors (Lipinski definition) is 1. The van der Waals surface area contributed by atoms with Gasteiger partial charge in [0.05, 0.1) is 33.5 Å². The fourth-order valence-electron chi connectivity index (χ4n) is 2.99. The summed E-state index contributed by atoms with van der Waals surface area (Å²) in [6.45, 7) is 3.79. The topological polar surface area (TPSA) is 99.7 Å². The van der Waals surface area contributed by atoms with Gasteiger partial charge in [0.1, 0.15) is 24.0 Å². The fraction of sp³-hybridized carbons (Fsp3) is 0.150. The summed E-state index contributed by atoms with van der Waals surface area (Å²) in [5, 5.41) is 1.17. The number of ether oxygens (including phenoxy) is 1. The Balaban J connectivity index is 1.81. The van der Waals surface area contributed by atoms with Crippen molar-refractivity contribution in [2.45, 2.75) is 20.0 Å². The summed E-state index contributed by atoms with van der Waals surface area (Å²) >= 11 is 6.10. The van der Waals surface area contributed by atoms with Crippen LogP contribution in [0.4, 0.5) is 5.82 Å². The van der Waals surface area contributed by atoms with E-state index in [4.69, 9.17) is 22.1 Å². The number of nitrogen functional groups attached to an aromatic ring is 1. The first-order valence-corrected chi connectivity index (χ1v) is 9.00. The maximum Gasteiger partial charge on any atom is 0.139 e. The molecule has 4 rings (SSSR count). The number of nitrogens with two attached hydrogens (primary N) is 1. The minimum Gasteiger partial charge on any atom is -0.484 e. The number of benzene rings is 1. The lowest BCUT2D eigenvalue weighted by Crippen LogP contribution is -2.08. The number of aromatic nitrogens is 5. The highest BCUT2D eigenvalue weighted by atomic mass is 35.5. The quantitative estimate of drug-likeness (QED) is 0.556. The van der Waals surface area contributed by atoms with Crippen molar-refractivity contribution in [2.24, 2.45) is 0 Å². The van der Waals surface area contributed by atoms with Crippen LogP contribution in [0.25, 0.3) is 22.0 Å². The number of hydrogen-bond acceptors (Lipinski definition) is 7. The van der Waals surface area contributed by atoms with E-state index >= 15 is 0 Å². The second-order valence-electron chi connectivity index (χ2n) is 6.33. The van der Waals surface area contributed by atoms with Crippen LogP contribution in [0, 0.1) is 6.92 Å². The predicted octanol–water partition coefficient (Wildman–Crippen LogP) is 4.17. The summed E-state index contributed by atoms with van der Waals surface area (Å²) in [4.78, 5) is 21.4. The summed E-state index contributed by atoms with van der Waals surface area (Å²) in [6, 6.07) is 5.58. The van der Waals surface area contributed by atoms with Crippen molar-refractivity contribution in [3.8, 4) is 16.9 Å². The monoisotopic (exact) mass is 392 g/mol. The van der Waals surface area contributed by atoms with Crippen molar-refractivity contribution in [1.82, 2.24) is 24.9 Å². The number of fused-ring (bicyclic) bond motifs is 1. The van der Waals surface area contributed by atoms with Crippen LogP contribution in [0.1, 0.15) is 24.4 Å². The minimum atomic E-state index is -0.325. The smallest absolute Gasteiger partial charge is 0.139 e. The van der Waals surface area contributed by atoms with E-state index in [1.807, 2.05) is 32.0 Å². The molecular weight excluding hydrogens is 376 g/mol. The first kappa shape index (κ1) is 18.1. The van der Waals surface area contributed by atoms with Crippen LogP contribution in [0.3, 0.4) is 0 Å². The van der Waals surface area contributed by atoms with Gasteiger partial charge in [-0.25, -0.2) is 9.97 Å². The Morgan fingerprint density at radius 1 is 1.07 bits per heavy atom. The molecule has 0 aliphatic carbocycles. The molecule has 0 amide bonds. The molecule has 2 N–H and O–H groups in total. The highest BCUT2D eigenvalue weighted by Gasteiger charge is 2.17. The lowest BCUT2D eigenvalue weighted by atomic mass is 10.0. The lowest BCUT2D eigenvalue weighted by Gasteiger charge is -2.17. The minimum absolute atomic E-state index is 0.325. The summed E-state index contributed by atoms with van der Waals surface area (Å²) in [6.07, 6.45) is 7.80. The molecule has 0 fully saturated rings. The third-order valence-corrected chi connectivity index (χ3v) is 4.50. The van der Waals surface area contributed by atoms with E-state index in [0.717, 1.165) is 22.5 Å². The Bertz CT molecular complexity index is 1170. The Morgan fingerprint density at radius 3 is 2.68 bits per heavy atom. The van der Waals surface area contributed by atoms with Gasteiger partial charge in [-0.2, -0.15) is 0 Å². The summed E-state index contributed by atoms with van der Waals surface area (Å²) in [7, 11) is 0. The molecule has 7 nitrogen and oxygen atoms in total. The Morgan fingerprint density at radius 2 is 1.89 bits per heavy atom. The van der Waals surface area contributed by atoms with Crippen molar-refractivity contribution < 1.29 is 4.74 Å². The molecule has 0 saturated heterocycles. The van der Waals surface area contributed by atoms with Crippen molar-refractivity contribution in [3.05, 3.63) is 65.7 Å². The van der Waals surface area contributed by atoms with Crippen LogP contribution in [0.15, 0.2) is 49.3 Å². The molecule has 4 aromatic rings. The van der Waals surface area contributed by atoms with Gasteiger partial charge in [0.15, 0.2) is 0 Å². The maximum absolute atomic E-state index is 6.17. The molecule has 0 radical (unpaired) electrons. The first-order chi connectivity index (χ1) is 13.5. The largest absolute Gasteiger partial charge is 0.484 e. The van der Waals surface area contributed by atoms with Gasteiger partial charge in [-0.15, -0.1) is 0 Å². The Hall–Kier alpha value is -3.32. The third-order valence-electron chi connectivity index (χ3n) is 4.29. The van der Waals surface area contributed by atoms with E-state index in [1.165, 1.54) is 6.33 Å². The van der Waals surface area contributed by atoms with Gasteiger partial charge >= 0.3 is 0 Å². The van der Waals surface area contributed by atoms with E-state index in [1.54, 1.807) is 24.8 Å². The van der Waals surface area contributed by atoms with E-state index in [0.29, 0.717) is 27.5 Å². The zero-order chi connectivity index (χ0) is 19.7. The third kappa shape index (κ3) is 3.44. The van der Waals surface area contributed by atoms with E-state index in [-0.39, 0.29) is 6.10 Å². The van der Waals surface area contributed by atoms with E-state index in [2.05, 4.69) is 24.9 Å². The molecule has 0 spiro atoms. The molecule has 8 heteroatoms. The van der Waals surface area contributed by atoms with Crippen LogP contribution < -0.4 is 10.5 Å². The van der Waals surface area contributed by atoms with E-state index in [9.17, 15) is 0 Å². The molecule has 3 aromatic heterocycles. The number of aryl methyl sites for hydroxylation is 1. The van der Waals surface area contributed by atoms with Crippen LogP contribution in [-0.2, 0) is 0 Å².